The van der Waals surface area contributed by atoms with E-state index >= 15 is 0 Å². The Hall–Kier alpha value is -0.120. The molecule has 0 aromatic heterocycles. The molecule has 1 saturated heterocycles. The second-order valence-corrected chi connectivity index (χ2v) is 8.07. The molecule has 3 N–H and O–H groups in total. The molecule has 1 saturated carbocycles. The van der Waals surface area contributed by atoms with E-state index in [0.717, 1.165) is 18.4 Å². The number of nitrogens with two attached hydrogens (primary N) is 1. The monoisotopic (exact) mass is 295 g/mol. The highest BCUT2D eigenvalue weighted by atomic mass is 15.6. The Morgan fingerprint density at radius 3 is 2.29 bits per heavy atom. The van der Waals surface area contributed by atoms with Gasteiger partial charge in [0, 0.05) is 24.2 Å². The van der Waals surface area contributed by atoms with Crippen LogP contribution >= 0.6 is 0 Å². The molecular weight excluding hydrogens is 258 g/mol. The molecule has 1 aliphatic heterocycles. The van der Waals surface area contributed by atoms with Gasteiger partial charge in [0.2, 0.25) is 0 Å². The van der Waals surface area contributed by atoms with Crippen LogP contribution in [0.5, 0.6) is 0 Å². The summed E-state index contributed by atoms with van der Waals surface area (Å²) in [5.41, 5.74) is 10.3. The zero-order chi connectivity index (χ0) is 15.5. The van der Waals surface area contributed by atoms with Crippen LogP contribution in [0, 0.1) is 11.8 Å². The van der Waals surface area contributed by atoms with Crippen LogP contribution in [0.1, 0.15) is 79.1 Å². The fourth-order valence-electron chi connectivity index (χ4n) is 4.38. The molecule has 0 radical (unpaired) electrons. The third-order valence-corrected chi connectivity index (χ3v) is 6.12. The van der Waals surface area contributed by atoms with E-state index in [9.17, 15) is 0 Å². The Morgan fingerprint density at radius 1 is 1.05 bits per heavy atom. The fraction of sp³-hybridized carbons (Fsp3) is 1.00. The minimum absolute atomic E-state index is 0.142. The molecule has 0 spiro atoms. The van der Waals surface area contributed by atoms with Gasteiger partial charge in [0.1, 0.15) is 0 Å². The van der Waals surface area contributed by atoms with Crippen molar-refractivity contribution >= 4 is 0 Å². The lowest BCUT2D eigenvalue weighted by molar-refractivity contribution is -0.00333. The average molecular weight is 296 g/mol. The van der Waals surface area contributed by atoms with Gasteiger partial charge < -0.3 is 5.73 Å². The second kappa shape index (κ2) is 7.43. The van der Waals surface area contributed by atoms with Crippen LogP contribution in [0.15, 0.2) is 0 Å². The summed E-state index contributed by atoms with van der Waals surface area (Å²) >= 11 is 0. The summed E-state index contributed by atoms with van der Waals surface area (Å²) in [5, 5.41) is 2.53. The summed E-state index contributed by atoms with van der Waals surface area (Å²) in [7, 11) is 0. The molecule has 2 rings (SSSR count). The predicted molar refractivity (Wildman–Crippen MR) is 90.9 cm³/mol. The van der Waals surface area contributed by atoms with Gasteiger partial charge in [0.25, 0.3) is 0 Å². The minimum atomic E-state index is 0.142. The van der Waals surface area contributed by atoms with Gasteiger partial charge in [-0.25, -0.2) is 10.4 Å². The highest BCUT2D eigenvalue weighted by molar-refractivity contribution is 4.93. The third-order valence-electron chi connectivity index (χ3n) is 6.12. The van der Waals surface area contributed by atoms with E-state index in [1.807, 2.05) is 0 Å². The van der Waals surface area contributed by atoms with Crippen LogP contribution < -0.4 is 11.2 Å². The van der Waals surface area contributed by atoms with Gasteiger partial charge in [-0.05, 0) is 57.8 Å². The maximum absolute atomic E-state index is 6.25. The molecule has 3 heteroatoms. The van der Waals surface area contributed by atoms with Crippen LogP contribution in [-0.4, -0.2) is 29.2 Å². The van der Waals surface area contributed by atoms with E-state index in [-0.39, 0.29) is 5.54 Å². The van der Waals surface area contributed by atoms with Gasteiger partial charge in [-0.2, -0.15) is 0 Å². The van der Waals surface area contributed by atoms with Crippen molar-refractivity contribution in [2.24, 2.45) is 17.6 Å². The summed E-state index contributed by atoms with van der Waals surface area (Å²) in [4.78, 5) is 0. The molecule has 0 aromatic carbocycles. The minimum Gasteiger partial charge on any atom is -0.329 e. The highest BCUT2D eigenvalue weighted by Crippen LogP contribution is 2.35. The van der Waals surface area contributed by atoms with E-state index in [2.05, 4.69) is 38.1 Å². The van der Waals surface area contributed by atoms with Crippen LogP contribution in [0.3, 0.4) is 0 Å². The highest BCUT2D eigenvalue weighted by Gasteiger charge is 2.37. The molecule has 0 amide bonds. The number of hydrazine groups is 1. The van der Waals surface area contributed by atoms with Crippen molar-refractivity contribution in [3.8, 4) is 0 Å². The molecule has 1 heterocycles. The van der Waals surface area contributed by atoms with Crippen molar-refractivity contribution in [2.75, 3.05) is 6.54 Å². The Bertz CT molecular complexity index is 308. The molecule has 3 nitrogen and oxygen atoms in total. The first-order chi connectivity index (χ1) is 9.97. The Labute approximate surface area is 132 Å². The molecule has 21 heavy (non-hydrogen) atoms. The van der Waals surface area contributed by atoms with Gasteiger partial charge in [-0.3, -0.25) is 0 Å². The lowest BCUT2D eigenvalue weighted by Crippen LogP contribution is -2.63. The van der Waals surface area contributed by atoms with Gasteiger partial charge in [-0.15, -0.1) is 0 Å². The summed E-state index contributed by atoms with van der Waals surface area (Å²) in [6.45, 7) is 10.2. The van der Waals surface area contributed by atoms with Crippen LogP contribution in [0.4, 0.5) is 0 Å². The summed E-state index contributed by atoms with van der Waals surface area (Å²) in [6.07, 6.45) is 10.5. The van der Waals surface area contributed by atoms with Crippen molar-refractivity contribution in [3.63, 3.8) is 0 Å². The SMILES string of the molecule is CC(C)C1CCCC(CN)(NN2C(C)CCCC2C)CC1. The quantitative estimate of drug-likeness (QED) is 0.777. The van der Waals surface area contributed by atoms with Crippen LogP contribution in [0.25, 0.3) is 0 Å². The first kappa shape index (κ1) is 17.2. The van der Waals surface area contributed by atoms with Gasteiger partial charge in [0.05, 0.1) is 0 Å². The molecule has 124 valence electrons. The lowest BCUT2D eigenvalue weighted by atomic mass is 9.86. The molecule has 0 bridgehead atoms. The Balaban J connectivity index is 2.03. The molecule has 0 aromatic rings. The average Bonchev–Trinajstić information content (AvgIpc) is 2.66. The zero-order valence-electron chi connectivity index (χ0n) is 14.7. The number of rotatable bonds is 4. The number of nitrogens with one attached hydrogen (secondary N) is 1. The van der Waals surface area contributed by atoms with Crippen molar-refractivity contribution in [2.45, 2.75) is 96.7 Å². The standard InChI is InChI=1S/C18H37N3/c1-14(2)17-9-6-11-18(13-19,12-10-17)20-21-15(3)7-5-8-16(21)4/h14-17,20H,5-13,19H2,1-4H3. The maximum atomic E-state index is 6.25. The predicted octanol–water partition coefficient (Wildman–Crippen LogP) is 3.69. The van der Waals surface area contributed by atoms with Crippen molar-refractivity contribution < 1.29 is 0 Å². The molecule has 4 atom stereocenters. The summed E-state index contributed by atoms with van der Waals surface area (Å²) in [6, 6.07) is 1.28. The number of nitrogens with zero attached hydrogens (tertiary/aromatic N) is 1. The third kappa shape index (κ3) is 4.20. The summed E-state index contributed by atoms with van der Waals surface area (Å²) < 4.78 is 0. The number of piperidine rings is 1. The van der Waals surface area contributed by atoms with Crippen LogP contribution in [-0.2, 0) is 0 Å². The zero-order valence-corrected chi connectivity index (χ0v) is 14.7. The Kier molecular flexibility index (Phi) is 6.10. The van der Waals surface area contributed by atoms with E-state index in [1.54, 1.807) is 0 Å². The fourth-order valence-corrected chi connectivity index (χ4v) is 4.38. The van der Waals surface area contributed by atoms with Crippen molar-refractivity contribution in [1.82, 2.24) is 10.4 Å². The van der Waals surface area contributed by atoms with Crippen molar-refractivity contribution in [1.29, 1.82) is 0 Å². The van der Waals surface area contributed by atoms with Gasteiger partial charge in [0.15, 0.2) is 0 Å². The van der Waals surface area contributed by atoms with Crippen molar-refractivity contribution in [3.05, 3.63) is 0 Å². The maximum Gasteiger partial charge on any atom is 0.0448 e. The van der Waals surface area contributed by atoms with E-state index in [0.29, 0.717) is 12.1 Å². The molecule has 2 aliphatic rings. The normalized spacial score (nSPS) is 39.4. The summed E-state index contributed by atoms with van der Waals surface area (Å²) in [5.74, 6) is 1.70. The van der Waals surface area contributed by atoms with E-state index < -0.39 is 0 Å². The first-order valence-electron chi connectivity index (χ1n) is 9.23. The molecule has 2 fully saturated rings. The number of hydrogen-bond acceptors (Lipinski definition) is 3. The first-order valence-corrected chi connectivity index (χ1v) is 9.23. The smallest absolute Gasteiger partial charge is 0.0448 e. The molecule has 1 aliphatic carbocycles. The number of hydrogen-bond donors (Lipinski definition) is 2. The molecule has 4 unspecified atom stereocenters. The lowest BCUT2D eigenvalue weighted by Gasteiger charge is -2.46. The second-order valence-electron chi connectivity index (χ2n) is 8.07. The van der Waals surface area contributed by atoms with E-state index in [4.69, 9.17) is 5.73 Å². The van der Waals surface area contributed by atoms with Gasteiger partial charge in [-0.1, -0.05) is 33.1 Å². The largest absolute Gasteiger partial charge is 0.329 e. The van der Waals surface area contributed by atoms with Gasteiger partial charge >= 0.3 is 0 Å². The van der Waals surface area contributed by atoms with E-state index in [1.165, 1.54) is 51.4 Å². The Morgan fingerprint density at radius 2 is 1.71 bits per heavy atom. The van der Waals surface area contributed by atoms with Crippen LogP contribution in [0.2, 0.25) is 0 Å². The molecular formula is C18H37N3. The topological polar surface area (TPSA) is 41.3 Å².